The fraction of sp³-hybridized carbons (Fsp3) is 0.550. The summed E-state index contributed by atoms with van der Waals surface area (Å²) in [6.07, 6.45) is 7.03. The van der Waals surface area contributed by atoms with Gasteiger partial charge in [0.15, 0.2) is 5.96 Å². The van der Waals surface area contributed by atoms with Gasteiger partial charge in [-0.3, -0.25) is 9.89 Å². The Morgan fingerprint density at radius 2 is 2.00 bits per heavy atom. The SMILES string of the molecule is CN=C(NC1CC1c1ccccc1C)N1CCC(N2CC=CC2)C1. The van der Waals surface area contributed by atoms with Gasteiger partial charge < -0.3 is 10.2 Å². The predicted octanol–water partition coefficient (Wildman–Crippen LogP) is 2.37. The first kappa shape index (κ1) is 15.7. The smallest absolute Gasteiger partial charge is 0.193 e. The van der Waals surface area contributed by atoms with E-state index in [9.17, 15) is 0 Å². The Morgan fingerprint density at radius 1 is 1.21 bits per heavy atom. The third kappa shape index (κ3) is 3.07. The molecule has 1 aliphatic carbocycles. The highest BCUT2D eigenvalue weighted by Gasteiger charge is 2.41. The van der Waals surface area contributed by atoms with Gasteiger partial charge in [0.05, 0.1) is 0 Å². The van der Waals surface area contributed by atoms with Crippen molar-refractivity contribution in [3.05, 3.63) is 47.5 Å². The number of rotatable bonds is 3. The molecule has 4 heteroatoms. The van der Waals surface area contributed by atoms with E-state index in [0.717, 1.165) is 32.1 Å². The second-order valence-corrected chi connectivity index (χ2v) is 7.31. The molecule has 2 aliphatic heterocycles. The van der Waals surface area contributed by atoms with Crippen LogP contribution in [0.2, 0.25) is 0 Å². The molecule has 1 aromatic carbocycles. The molecule has 1 N–H and O–H groups in total. The lowest BCUT2D eigenvalue weighted by molar-refractivity contribution is 0.259. The van der Waals surface area contributed by atoms with Crippen molar-refractivity contribution >= 4 is 5.96 Å². The summed E-state index contributed by atoms with van der Waals surface area (Å²) in [6.45, 7) is 6.66. The van der Waals surface area contributed by atoms with Crippen LogP contribution in [0.4, 0.5) is 0 Å². The quantitative estimate of drug-likeness (QED) is 0.526. The normalized spacial score (nSPS) is 30.2. The van der Waals surface area contributed by atoms with E-state index in [4.69, 9.17) is 0 Å². The molecule has 0 spiro atoms. The molecule has 3 aliphatic rings. The monoisotopic (exact) mass is 324 g/mol. The Bertz CT molecular complexity index is 643. The Morgan fingerprint density at radius 3 is 2.75 bits per heavy atom. The van der Waals surface area contributed by atoms with E-state index in [-0.39, 0.29) is 0 Å². The zero-order chi connectivity index (χ0) is 16.5. The number of aliphatic imine (C=N–C) groups is 1. The second kappa shape index (κ2) is 6.60. The molecule has 1 aromatic rings. The number of aryl methyl sites for hydroxylation is 1. The first-order chi connectivity index (χ1) is 11.8. The van der Waals surface area contributed by atoms with Gasteiger partial charge in [0.2, 0.25) is 0 Å². The van der Waals surface area contributed by atoms with Crippen LogP contribution < -0.4 is 5.32 Å². The fourth-order valence-corrected chi connectivity index (χ4v) is 4.19. The van der Waals surface area contributed by atoms with E-state index in [2.05, 4.69) is 63.5 Å². The molecule has 24 heavy (non-hydrogen) atoms. The van der Waals surface area contributed by atoms with E-state index in [1.807, 2.05) is 7.05 Å². The number of hydrogen-bond acceptors (Lipinski definition) is 2. The van der Waals surface area contributed by atoms with Crippen molar-refractivity contribution in [1.29, 1.82) is 0 Å². The maximum absolute atomic E-state index is 4.56. The van der Waals surface area contributed by atoms with Crippen molar-refractivity contribution in [2.45, 2.75) is 37.8 Å². The highest BCUT2D eigenvalue weighted by atomic mass is 15.3. The Hall–Kier alpha value is -1.81. The van der Waals surface area contributed by atoms with Crippen LogP contribution in [-0.4, -0.2) is 61.1 Å². The van der Waals surface area contributed by atoms with Gasteiger partial charge in [-0.15, -0.1) is 0 Å². The average molecular weight is 324 g/mol. The standard InChI is InChI=1S/C20H28N4/c1-15-7-3-4-8-17(15)18-13-19(18)22-20(21-2)24-12-9-16(14-24)23-10-5-6-11-23/h3-8,16,18-19H,9-14H2,1-2H3,(H,21,22). The summed E-state index contributed by atoms with van der Waals surface area (Å²) in [5.41, 5.74) is 2.90. The summed E-state index contributed by atoms with van der Waals surface area (Å²) in [5.74, 6) is 1.73. The van der Waals surface area contributed by atoms with Crippen LogP contribution in [-0.2, 0) is 0 Å². The van der Waals surface area contributed by atoms with E-state index in [1.54, 1.807) is 0 Å². The topological polar surface area (TPSA) is 30.9 Å². The van der Waals surface area contributed by atoms with E-state index in [0.29, 0.717) is 18.0 Å². The molecular formula is C20H28N4. The zero-order valence-corrected chi connectivity index (χ0v) is 14.8. The van der Waals surface area contributed by atoms with Crippen molar-refractivity contribution in [2.24, 2.45) is 4.99 Å². The highest BCUT2D eigenvalue weighted by molar-refractivity contribution is 5.81. The first-order valence-electron chi connectivity index (χ1n) is 9.19. The van der Waals surface area contributed by atoms with Crippen LogP contribution in [0.3, 0.4) is 0 Å². The highest BCUT2D eigenvalue weighted by Crippen LogP contribution is 2.42. The second-order valence-electron chi connectivity index (χ2n) is 7.31. The van der Waals surface area contributed by atoms with Crippen LogP contribution in [0.5, 0.6) is 0 Å². The Kier molecular flexibility index (Phi) is 4.31. The van der Waals surface area contributed by atoms with Crippen molar-refractivity contribution in [3.63, 3.8) is 0 Å². The van der Waals surface area contributed by atoms with Gasteiger partial charge in [-0.25, -0.2) is 0 Å². The summed E-state index contributed by atoms with van der Waals surface area (Å²) in [4.78, 5) is 9.57. The third-order valence-corrected chi connectivity index (χ3v) is 5.73. The van der Waals surface area contributed by atoms with Crippen molar-refractivity contribution in [3.8, 4) is 0 Å². The largest absolute Gasteiger partial charge is 0.353 e. The van der Waals surface area contributed by atoms with Gasteiger partial charge in [0.1, 0.15) is 0 Å². The Labute approximate surface area is 145 Å². The minimum atomic E-state index is 0.539. The molecule has 1 saturated carbocycles. The molecule has 1 saturated heterocycles. The fourth-order valence-electron chi connectivity index (χ4n) is 4.19. The van der Waals surface area contributed by atoms with Gasteiger partial charge in [-0.2, -0.15) is 0 Å². The van der Waals surface area contributed by atoms with Gasteiger partial charge >= 0.3 is 0 Å². The van der Waals surface area contributed by atoms with Crippen LogP contribution in [0, 0.1) is 6.92 Å². The molecule has 2 fully saturated rings. The summed E-state index contributed by atoms with van der Waals surface area (Å²) >= 11 is 0. The van der Waals surface area contributed by atoms with Crippen LogP contribution >= 0.6 is 0 Å². The molecule has 3 unspecified atom stereocenters. The summed E-state index contributed by atoms with van der Waals surface area (Å²) in [7, 11) is 1.91. The van der Waals surface area contributed by atoms with Crippen LogP contribution in [0.25, 0.3) is 0 Å². The van der Waals surface area contributed by atoms with Gasteiger partial charge in [-0.1, -0.05) is 36.4 Å². The Balaban J connectivity index is 1.34. The number of nitrogens with zero attached hydrogens (tertiary/aromatic N) is 3. The third-order valence-electron chi connectivity index (χ3n) is 5.73. The van der Waals surface area contributed by atoms with E-state index < -0.39 is 0 Å². The lowest BCUT2D eigenvalue weighted by Crippen LogP contribution is -2.43. The maximum Gasteiger partial charge on any atom is 0.193 e. The van der Waals surface area contributed by atoms with E-state index >= 15 is 0 Å². The first-order valence-corrected chi connectivity index (χ1v) is 9.19. The molecule has 0 bridgehead atoms. The molecule has 0 amide bonds. The minimum absolute atomic E-state index is 0.539. The van der Waals surface area contributed by atoms with Gasteiger partial charge in [-0.05, 0) is 30.9 Å². The average Bonchev–Trinajstić information content (AvgIpc) is 3.01. The number of benzene rings is 1. The minimum Gasteiger partial charge on any atom is -0.353 e. The molecule has 2 heterocycles. The predicted molar refractivity (Wildman–Crippen MR) is 99.5 cm³/mol. The number of nitrogens with one attached hydrogen (secondary N) is 1. The molecule has 3 atom stereocenters. The molecule has 4 nitrogen and oxygen atoms in total. The lowest BCUT2D eigenvalue weighted by Gasteiger charge is -2.25. The molecule has 0 aromatic heterocycles. The zero-order valence-electron chi connectivity index (χ0n) is 14.8. The van der Waals surface area contributed by atoms with Gasteiger partial charge in [0.25, 0.3) is 0 Å². The van der Waals surface area contributed by atoms with E-state index in [1.165, 1.54) is 24.0 Å². The lowest BCUT2D eigenvalue weighted by atomic mass is 10.0. The van der Waals surface area contributed by atoms with Crippen LogP contribution in [0.1, 0.15) is 29.9 Å². The van der Waals surface area contributed by atoms with Gasteiger partial charge in [0, 0.05) is 51.2 Å². The van der Waals surface area contributed by atoms with Crippen molar-refractivity contribution in [2.75, 3.05) is 33.2 Å². The van der Waals surface area contributed by atoms with Crippen LogP contribution in [0.15, 0.2) is 41.4 Å². The summed E-state index contributed by atoms with van der Waals surface area (Å²) < 4.78 is 0. The summed E-state index contributed by atoms with van der Waals surface area (Å²) in [6, 6.07) is 9.98. The molecule has 0 radical (unpaired) electrons. The number of likely N-dealkylation sites (tertiary alicyclic amines) is 1. The maximum atomic E-state index is 4.56. The molecule has 4 rings (SSSR count). The van der Waals surface area contributed by atoms with Crippen molar-refractivity contribution < 1.29 is 0 Å². The summed E-state index contributed by atoms with van der Waals surface area (Å²) in [5, 5.41) is 3.71. The number of hydrogen-bond donors (Lipinski definition) is 1. The van der Waals surface area contributed by atoms with Crippen molar-refractivity contribution in [1.82, 2.24) is 15.1 Å². The molecular weight excluding hydrogens is 296 g/mol. The molecule has 128 valence electrons. The number of guanidine groups is 1.